The molecule has 3 aromatic carbocycles. The van der Waals surface area contributed by atoms with Crippen molar-refractivity contribution in [3.63, 3.8) is 0 Å². The average Bonchev–Trinajstić information content (AvgIpc) is 3.38. The molecule has 0 saturated heterocycles. The molecule has 9 nitrogen and oxygen atoms in total. The molecule has 0 aliphatic rings. The molecule has 1 heterocycles. The van der Waals surface area contributed by atoms with Gasteiger partial charge >= 0.3 is 0 Å². The molecular formula is C27H26N4O5S2. The molecule has 1 amide bonds. The van der Waals surface area contributed by atoms with Crippen LogP contribution in [-0.2, 0) is 24.7 Å². The van der Waals surface area contributed by atoms with E-state index in [9.17, 15) is 21.6 Å². The van der Waals surface area contributed by atoms with E-state index in [4.69, 9.17) is 11.5 Å². The topological polar surface area (TPSA) is 154 Å². The molecular weight excluding hydrogens is 524 g/mol. The van der Waals surface area contributed by atoms with Crippen LogP contribution in [0.3, 0.4) is 0 Å². The second kappa shape index (κ2) is 10.7. The summed E-state index contributed by atoms with van der Waals surface area (Å²) < 4.78 is 50.6. The molecule has 196 valence electrons. The number of rotatable bonds is 8. The third-order valence-corrected chi connectivity index (χ3v) is 8.64. The second-order valence-corrected chi connectivity index (χ2v) is 12.6. The minimum atomic E-state index is -3.86. The maximum atomic E-state index is 13.1. The molecule has 0 radical (unpaired) electrons. The molecule has 1 atom stereocenters. The fourth-order valence-electron chi connectivity index (χ4n) is 3.65. The van der Waals surface area contributed by atoms with Gasteiger partial charge in [-0.3, -0.25) is 4.79 Å². The molecule has 4 rings (SSSR count). The quantitative estimate of drug-likeness (QED) is 0.224. The molecule has 4 aromatic rings. The molecule has 0 aliphatic heterocycles. The number of amides is 1. The number of benzene rings is 3. The number of nitrogen functional groups attached to an aromatic ring is 1. The number of hydrogen-bond donors (Lipinski definition) is 3. The zero-order valence-electron chi connectivity index (χ0n) is 20.4. The van der Waals surface area contributed by atoms with Crippen molar-refractivity contribution in [1.29, 1.82) is 0 Å². The summed E-state index contributed by atoms with van der Waals surface area (Å²) in [6.07, 6.45) is 6.69. The lowest BCUT2D eigenvalue weighted by Gasteiger charge is -2.11. The molecule has 0 fully saturated rings. The molecule has 0 spiro atoms. The summed E-state index contributed by atoms with van der Waals surface area (Å²) in [5.41, 5.74) is 15.0. The first-order valence-electron chi connectivity index (χ1n) is 11.4. The number of nitrogens with one attached hydrogen (secondary N) is 1. The summed E-state index contributed by atoms with van der Waals surface area (Å²) in [5.74, 6) is -0.402. The van der Waals surface area contributed by atoms with E-state index in [1.165, 1.54) is 36.7 Å². The van der Waals surface area contributed by atoms with Crippen LogP contribution in [0.15, 0.2) is 102 Å². The highest BCUT2D eigenvalue weighted by molar-refractivity contribution is 7.90. The first-order chi connectivity index (χ1) is 17.9. The Bertz CT molecular complexity index is 1710. The molecule has 0 aliphatic carbocycles. The van der Waals surface area contributed by atoms with Gasteiger partial charge in [0.1, 0.15) is 5.37 Å². The number of nitrogens with zero attached hydrogens (tertiary/aromatic N) is 1. The van der Waals surface area contributed by atoms with Gasteiger partial charge in [-0.2, -0.15) is 0 Å². The normalized spacial score (nSPS) is 12.9. The molecule has 0 bridgehead atoms. The largest absolute Gasteiger partial charge is 0.397 e. The molecule has 11 heteroatoms. The van der Waals surface area contributed by atoms with Crippen LogP contribution in [0.1, 0.15) is 16.5 Å². The number of anilines is 2. The molecule has 1 unspecified atom stereocenters. The van der Waals surface area contributed by atoms with Gasteiger partial charge in [-0.05, 0) is 58.7 Å². The van der Waals surface area contributed by atoms with Gasteiger partial charge in [0.2, 0.25) is 5.91 Å². The van der Waals surface area contributed by atoms with Crippen molar-refractivity contribution in [3.8, 4) is 11.1 Å². The average molecular weight is 551 g/mol. The highest BCUT2D eigenvalue weighted by Crippen LogP contribution is 2.25. The summed E-state index contributed by atoms with van der Waals surface area (Å²) in [4.78, 5) is 12.3. The highest BCUT2D eigenvalue weighted by Gasteiger charge is 2.19. The number of sulfone groups is 1. The third-order valence-electron chi connectivity index (χ3n) is 5.80. The van der Waals surface area contributed by atoms with Crippen LogP contribution in [-0.4, -0.2) is 33.0 Å². The van der Waals surface area contributed by atoms with Gasteiger partial charge in [-0.25, -0.2) is 20.8 Å². The number of hydrogen-bond acceptors (Lipinski definition) is 7. The number of aromatic nitrogens is 1. The summed E-state index contributed by atoms with van der Waals surface area (Å²) in [5, 5.41) is 1.56. The van der Waals surface area contributed by atoms with Gasteiger partial charge in [0.05, 0.1) is 16.3 Å². The van der Waals surface area contributed by atoms with Crippen LogP contribution >= 0.6 is 0 Å². The van der Waals surface area contributed by atoms with Crippen LogP contribution in [0.5, 0.6) is 0 Å². The lowest BCUT2D eigenvalue weighted by atomic mass is 10.0. The van der Waals surface area contributed by atoms with Crippen molar-refractivity contribution in [1.82, 2.24) is 3.97 Å². The summed E-state index contributed by atoms with van der Waals surface area (Å²) in [6, 6.07) is 21.5. The third kappa shape index (κ3) is 6.02. The Morgan fingerprint density at radius 3 is 2.11 bits per heavy atom. The molecule has 5 N–H and O–H groups in total. The van der Waals surface area contributed by atoms with Crippen LogP contribution < -0.4 is 16.8 Å². The number of carbonyl (C=O) groups excluding carboxylic acids is 1. The second-order valence-electron chi connectivity index (χ2n) is 8.59. The predicted octanol–water partition coefficient (Wildman–Crippen LogP) is 3.63. The van der Waals surface area contributed by atoms with Crippen molar-refractivity contribution in [2.75, 3.05) is 17.3 Å². The van der Waals surface area contributed by atoms with E-state index >= 15 is 0 Å². The molecule has 1 aromatic heterocycles. The SMILES string of the molecule is CS(=O)(=O)C(N)c1ccc(-c2ccc(S(=O)(=O)n3ccc(/C=C/C(=O)Nc4ccccc4N)c3)cc2)cc1. The zero-order chi connectivity index (χ0) is 27.5. The van der Waals surface area contributed by atoms with E-state index in [2.05, 4.69) is 5.32 Å². The standard InChI is InChI=1S/C27H26N4O5S2/c1-37(33,34)27(29)22-9-7-20(8-10-22)21-11-13-23(14-12-21)38(35,36)31-17-16-19(18-31)6-15-26(32)30-25-5-3-2-4-24(25)28/h2-18,27H,28-29H2,1H3,(H,30,32)/b15-6+. The van der Waals surface area contributed by atoms with E-state index in [0.29, 0.717) is 22.5 Å². The molecule has 0 saturated carbocycles. The summed E-state index contributed by atoms with van der Waals surface area (Å²) in [7, 11) is -7.28. The first-order valence-corrected chi connectivity index (χ1v) is 14.8. The smallest absolute Gasteiger partial charge is 0.267 e. The van der Waals surface area contributed by atoms with Crippen LogP contribution in [0.4, 0.5) is 11.4 Å². The predicted molar refractivity (Wildman–Crippen MR) is 149 cm³/mol. The maximum Gasteiger partial charge on any atom is 0.267 e. The lowest BCUT2D eigenvalue weighted by molar-refractivity contribution is -0.111. The highest BCUT2D eigenvalue weighted by atomic mass is 32.2. The van der Waals surface area contributed by atoms with Crippen molar-refractivity contribution in [2.24, 2.45) is 5.73 Å². The van der Waals surface area contributed by atoms with Gasteiger partial charge < -0.3 is 16.8 Å². The van der Waals surface area contributed by atoms with Gasteiger partial charge in [0.15, 0.2) is 9.84 Å². The van der Waals surface area contributed by atoms with E-state index in [-0.39, 0.29) is 4.90 Å². The van der Waals surface area contributed by atoms with Crippen LogP contribution in [0.25, 0.3) is 17.2 Å². The van der Waals surface area contributed by atoms with Gasteiger partial charge in [-0.15, -0.1) is 0 Å². The van der Waals surface area contributed by atoms with Crippen LogP contribution in [0.2, 0.25) is 0 Å². The summed E-state index contributed by atoms with van der Waals surface area (Å²) in [6.45, 7) is 0. The Morgan fingerprint density at radius 2 is 1.50 bits per heavy atom. The minimum Gasteiger partial charge on any atom is -0.397 e. The van der Waals surface area contributed by atoms with E-state index in [0.717, 1.165) is 21.4 Å². The Labute approximate surface area is 221 Å². The molecule has 38 heavy (non-hydrogen) atoms. The van der Waals surface area contributed by atoms with Crippen molar-refractivity contribution >= 4 is 43.2 Å². The lowest BCUT2D eigenvalue weighted by Crippen LogP contribution is -2.20. The van der Waals surface area contributed by atoms with Crippen molar-refractivity contribution in [3.05, 3.63) is 108 Å². The van der Waals surface area contributed by atoms with Crippen molar-refractivity contribution < 1.29 is 21.6 Å². The van der Waals surface area contributed by atoms with Gasteiger partial charge in [-0.1, -0.05) is 48.5 Å². The Morgan fingerprint density at radius 1 is 0.895 bits per heavy atom. The van der Waals surface area contributed by atoms with E-state index in [1.807, 2.05) is 0 Å². The minimum absolute atomic E-state index is 0.0837. The van der Waals surface area contributed by atoms with Gasteiger partial charge in [0, 0.05) is 24.7 Å². The van der Waals surface area contributed by atoms with E-state index < -0.39 is 31.1 Å². The zero-order valence-corrected chi connectivity index (χ0v) is 22.0. The monoisotopic (exact) mass is 550 g/mol. The van der Waals surface area contributed by atoms with Crippen molar-refractivity contribution in [2.45, 2.75) is 10.3 Å². The number of nitrogens with two attached hydrogens (primary N) is 2. The number of carbonyl (C=O) groups is 1. The summed E-state index contributed by atoms with van der Waals surface area (Å²) >= 11 is 0. The fraction of sp³-hybridized carbons (Fsp3) is 0.0741. The maximum absolute atomic E-state index is 13.1. The van der Waals surface area contributed by atoms with E-state index in [1.54, 1.807) is 66.7 Å². The Balaban J connectivity index is 1.46. The van der Waals surface area contributed by atoms with Crippen LogP contribution in [0, 0.1) is 0 Å². The van der Waals surface area contributed by atoms with Gasteiger partial charge in [0.25, 0.3) is 10.0 Å². The fourth-order valence-corrected chi connectivity index (χ4v) is 5.51. The first kappa shape index (κ1) is 26.9. The number of para-hydroxylation sites is 2. The Hall–Kier alpha value is -4.19. The Kier molecular flexibility index (Phi) is 7.53.